The molecule has 0 bridgehead atoms. The largest absolute Gasteiger partial charge is 0.461 e. The zero-order chi connectivity index (χ0) is 13.6. The quantitative estimate of drug-likeness (QED) is 0.573. The van der Waals surface area contributed by atoms with Gasteiger partial charge in [-0.05, 0) is 6.42 Å². The third-order valence-corrected chi connectivity index (χ3v) is 4.69. The van der Waals surface area contributed by atoms with Gasteiger partial charge in [0.15, 0.2) is 0 Å². The predicted molar refractivity (Wildman–Crippen MR) is 68.0 cm³/mol. The second-order valence-corrected chi connectivity index (χ2v) is 5.61. The van der Waals surface area contributed by atoms with E-state index in [2.05, 4.69) is 13.2 Å². The van der Waals surface area contributed by atoms with Crippen LogP contribution in [0.1, 0.15) is 19.3 Å². The molecule has 2 heterocycles. The van der Waals surface area contributed by atoms with Crippen LogP contribution in [0.3, 0.4) is 0 Å². The van der Waals surface area contributed by atoms with Crippen molar-refractivity contribution in [2.24, 2.45) is 23.7 Å². The molecule has 0 aromatic rings. The maximum absolute atomic E-state index is 12.0. The van der Waals surface area contributed by atoms with Crippen LogP contribution < -0.4 is 0 Å². The van der Waals surface area contributed by atoms with Crippen molar-refractivity contribution in [3.05, 3.63) is 25.3 Å². The van der Waals surface area contributed by atoms with Gasteiger partial charge in [-0.15, -0.1) is 13.2 Å². The summed E-state index contributed by atoms with van der Waals surface area (Å²) in [6.45, 7) is 7.40. The third-order valence-electron chi connectivity index (χ3n) is 4.69. The van der Waals surface area contributed by atoms with E-state index >= 15 is 0 Å². The lowest BCUT2D eigenvalue weighted by Crippen LogP contribution is -2.25. The second-order valence-electron chi connectivity index (χ2n) is 5.61. The molecule has 1 saturated carbocycles. The fraction of sp³-hybridized carbons (Fsp3) is 0.600. The van der Waals surface area contributed by atoms with E-state index in [0.29, 0.717) is 12.8 Å². The molecular weight excluding hydrogens is 244 g/mol. The van der Waals surface area contributed by atoms with Crippen molar-refractivity contribution in [1.82, 2.24) is 0 Å². The smallest absolute Gasteiger partial charge is 0.310 e. The lowest BCUT2D eigenvalue weighted by Gasteiger charge is -2.18. The number of esters is 2. The van der Waals surface area contributed by atoms with Crippen molar-refractivity contribution in [1.29, 1.82) is 0 Å². The number of fused-ring (bicyclic) bond motifs is 3. The first-order valence-corrected chi connectivity index (χ1v) is 6.80. The Hall–Kier alpha value is -1.58. The lowest BCUT2D eigenvalue weighted by atomic mass is 9.86. The van der Waals surface area contributed by atoms with Gasteiger partial charge in [-0.2, -0.15) is 0 Å². The highest BCUT2D eigenvalue weighted by atomic mass is 16.6. The van der Waals surface area contributed by atoms with E-state index in [4.69, 9.17) is 9.47 Å². The SMILES string of the molecule is C=CC[C@@H]1OC(=O)[C@@H]2[C@H]1C[C@H]1[C@@H]2C(=O)O[C@@H]1CC=C. The fourth-order valence-corrected chi connectivity index (χ4v) is 3.95. The number of ether oxygens (including phenoxy) is 2. The summed E-state index contributed by atoms with van der Waals surface area (Å²) in [5, 5.41) is 0. The summed E-state index contributed by atoms with van der Waals surface area (Å²) in [7, 11) is 0. The Morgan fingerprint density at radius 1 is 0.947 bits per heavy atom. The van der Waals surface area contributed by atoms with Crippen molar-refractivity contribution < 1.29 is 19.1 Å². The molecule has 3 aliphatic rings. The summed E-state index contributed by atoms with van der Waals surface area (Å²) in [5.41, 5.74) is 0. The van der Waals surface area contributed by atoms with Gasteiger partial charge in [-0.3, -0.25) is 9.59 Å². The van der Waals surface area contributed by atoms with Gasteiger partial charge < -0.3 is 9.47 Å². The van der Waals surface area contributed by atoms with Crippen LogP contribution in [0.5, 0.6) is 0 Å². The van der Waals surface area contributed by atoms with Crippen molar-refractivity contribution in [3.63, 3.8) is 0 Å². The van der Waals surface area contributed by atoms with Crippen molar-refractivity contribution in [2.75, 3.05) is 0 Å². The Kier molecular flexibility index (Phi) is 2.96. The molecule has 3 rings (SSSR count). The molecule has 4 heteroatoms. The van der Waals surface area contributed by atoms with Crippen molar-refractivity contribution >= 4 is 11.9 Å². The zero-order valence-corrected chi connectivity index (χ0v) is 10.8. The summed E-state index contributed by atoms with van der Waals surface area (Å²) >= 11 is 0. The average Bonchev–Trinajstić information content (AvgIpc) is 2.96. The van der Waals surface area contributed by atoms with E-state index in [-0.39, 0.29) is 47.8 Å². The minimum Gasteiger partial charge on any atom is -0.461 e. The molecule has 1 aliphatic carbocycles. The number of rotatable bonds is 4. The monoisotopic (exact) mass is 262 g/mol. The van der Waals surface area contributed by atoms with Gasteiger partial charge in [0.25, 0.3) is 0 Å². The van der Waals surface area contributed by atoms with Crippen LogP contribution in [0, 0.1) is 23.7 Å². The molecule has 0 N–H and O–H groups in total. The van der Waals surface area contributed by atoms with Gasteiger partial charge >= 0.3 is 11.9 Å². The molecule has 3 fully saturated rings. The molecule has 0 amide bonds. The summed E-state index contributed by atoms with van der Waals surface area (Å²) in [6, 6.07) is 0. The Labute approximate surface area is 112 Å². The molecule has 102 valence electrons. The molecule has 0 aromatic heterocycles. The van der Waals surface area contributed by atoms with Crippen molar-refractivity contribution in [3.8, 4) is 0 Å². The maximum Gasteiger partial charge on any atom is 0.310 e. The van der Waals surface area contributed by atoms with Crippen LogP contribution in [-0.2, 0) is 19.1 Å². The first-order valence-electron chi connectivity index (χ1n) is 6.80. The minimum absolute atomic E-state index is 0.113. The highest BCUT2D eigenvalue weighted by Gasteiger charge is 2.63. The Balaban J connectivity index is 1.85. The van der Waals surface area contributed by atoms with Gasteiger partial charge in [-0.1, -0.05) is 12.2 Å². The highest BCUT2D eigenvalue weighted by molar-refractivity contribution is 5.86. The van der Waals surface area contributed by atoms with Crippen LogP contribution in [0.15, 0.2) is 25.3 Å². The molecule has 0 aromatic carbocycles. The normalized spacial score (nSPS) is 43.4. The lowest BCUT2D eigenvalue weighted by molar-refractivity contribution is -0.152. The summed E-state index contributed by atoms with van der Waals surface area (Å²) < 4.78 is 10.8. The van der Waals surface area contributed by atoms with E-state index in [1.165, 1.54) is 0 Å². The molecular formula is C15H18O4. The van der Waals surface area contributed by atoms with Gasteiger partial charge in [0, 0.05) is 24.7 Å². The molecule has 2 saturated heterocycles. The van der Waals surface area contributed by atoms with Crippen LogP contribution in [0.4, 0.5) is 0 Å². The number of hydrogen-bond donors (Lipinski definition) is 0. The van der Waals surface area contributed by atoms with Crippen LogP contribution in [-0.4, -0.2) is 24.1 Å². The topological polar surface area (TPSA) is 52.6 Å². The number of hydrogen-bond acceptors (Lipinski definition) is 4. The Bertz CT molecular complexity index is 401. The zero-order valence-electron chi connectivity index (χ0n) is 10.8. The molecule has 0 radical (unpaired) electrons. The summed E-state index contributed by atoms with van der Waals surface area (Å²) in [4.78, 5) is 24.0. The molecule has 4 nitrogen and oxygen atoms in total. The van der Waals surface area contributed by atoms with Crippen molar-refractivity contribution in [2.45, 2.75) is 31.5 Å². The van der Waals surface area contributed by atoms with E-state index in [0.717, 1.165) is 6.42 Å². The fourth-order valence-electron chi connectivity index (χ4n) is 3.95. The second kappa shape index (κ2) is 4.51. The Morgan fingerprint density at radius 2 is 1.37 bits per heavy atom. The van der Waals surface area contributed by atoms with Gasteiger partial charge in [-0.25, -0.2) is 0 Å². The van der Waals surface area contributed by atoms with Gasteiger partial charge in [0.1, 0.15) is 12.2 Å². The predicted octanol–water partition coefficient (Wildman–Crippen LogP) is 1.86. The Morgan fingerprint density at radius 3 is 1.74 bits per heavy atom. The van der Waals surface area contributed by atoms with E-state index in [9.17, 15) is 9.59 Å². The highest BCUT2D eigenvalue weighted by Crippen LogP contribution is 2.54. The molecule has 19 heavy (non-hydrogen) atoms. The number of carbonyl (C=O) groups is 2. The van der Waals surface area contributed by atoms with E-state index < -0.39 is 0 Å². The molecule has 6 atom stereocenters. The summed E-state index contributed by atoms with van der Waals surface area (Å²) in [6.07, 6.45) is 5.46. The van der Waals surface area contributed by atoms with Gasteiger partial charge in [0.05, 0.1) is 11.8 Å². The molecule has 0 unspecified atom stereocenters. The first-order chi connectivity index (χ1) is 9.17. The van der Waals surface area contributed by atoms with Crippen LogP contribution in [0.2, 0.25) is 0 Å². The van der Waals surface area contributed by atoms with E-state index in [1.807, 2.05) is 0 Å². The maximum atomic E-state index is 12.0. The van der Waals surface area contributed by atoms with Gasteiger partial charge in [0.2, 0.25) is 0 Å². The molecule has 2 aliphatic heterocycles. The number of cyclic esters (lactones) is 2. The molecule has 0 spiro atoms. The van der Waals surface area contributed by atoms with Crippen LogP contribution >= 0.6 is 0 Å². The number of carbonyl (C=O) groups excluding carboxylic acids is 2. The minimum atomic E-state index is -0.308. The average molecular weight is 262 g/mol. The summed E-state index contributed by atoms with van der Waals surface area (Å²) in [5.74, 6) is -0.808. The van der Waals surface area contributed by atoms with E-state index in [1.54, 1.807) is 12.2 Å². The van der Waals surface area contributed by atoms with Crippen LogP contribution in [0.25, 0.3) is 0 Å². The first kappa shape index (κ1) is 12.5. The standard InChI is InChI=1S/C15H18O4/c1-3-5-10-8-7-9-11(6-4-2)19-15(17)13(9)12(8)14(16)18-10/h3-4,8-13H,1-2,5-7H2/t8-,9+,10-,11+,12+,13-. The third kappa shape index (κ3) is 1.73.